The monoisotopic (exact) mass is 226 g/mol. The van der Waals surface area contributed by atoms with Crippen molar-refractivity contribution in [3.8, 4) is 0 Å². The number of nitrogen functional groups attached to an aromatic ring is 1. The Morgan fingerprint density at radius 2 is 2.43 bits per heavy atom. The molecule has 0 aromatic carbocycles. The van der Waals surface area contributed by atoms with E-state index in [0.717, 1.165) is 4.88 Å². The Balaban J connectivity index is 2.13. The van der Waals surface area contributed by atoms with Gasteiger partial charge < -0.3 is 0 Å². The van der Waals surface area contributed by atoms with Crippen molar-refractivity contribution >= 4 is 33.6 Å². The van der Waals surface area contributed by atoms with Gasteiger partial charge in [0.25, 0.3) is 0 Å². The normalized spacial score (nSPS) is 10.3. The molecule has 2 N–H and O–H groups in total. The van der Waals surface area contributed by atoms with Crippen molar-refractivity contribution in [1.82, 2.24) is 5.10 Å². The van der Waals surface area contributed by atoms with Crippen LogP contribution in [-0.4, -0.2) is 10.9 Å². The van der Waals surface area contributed by atoms with E-state index < -0.39 is 0 Å². The topological polar surface area (TPSA) is 59.9 Å². The highest BCUT2D eigenvalue weighted by molar-refractivity contribution is 7.12. The van der Waals surface area contributed by atoms with E-state index in [4.69, 9.17) is 5.73 Å². The van der Waals surface area contributed by atoms with Crippen LogP contribution in [0, 0.1) is 0 Å². The van der Waals surface area contributed by atoms with Crippen molar-refractivity contribution in [2.24, 2.45) is 0 Å². The van der Waals surface area contributed by atoms with Crippen LogP contribution in [0.25, 0.3) is 0 Å². The highest BCUT2D eigenvalue weighted by atomic mass is 32.1. The molecule has 2 aromatic rings. The molecule has 0 atom stereocenters. The fraction of sp³-hybridized carbons (Fsp3) is 0.125. The van der Waals surface area contributed by atoms with E-state index in [1.54, 1.807) is 11.6 Å². The highest BCUT2D eigenvalue weighted by Gasteiger charge is 2.15. The molecular weight excluding hydrogens is 218 g/mol. The van der Waals surface area contributed by atoms with Gasteiger partial charge in [-0.15, -0.1) is 16.0 Å². The predicted molar refractivity (Wildman–Crippen MR) is 55.4 cm³/mol. The van der Waals surface area contributed by atoms with Crippen LogP contribution in [0.4, 0.5) is 5.13 Å². The lowest BCUT2D eigenvalue weighted by Gasteiger charge is -1.92. The van der Waals surface area contributed by atoms with E-state index in [1.165, 1.54) is 27.4 Å². The molecule has 0 unspecified atom stereocenters. The average molecular weight is 226 g/mol. The van der Waals surface area contributed by atoms with Gasteiger partial charge in [-0.1, -0.05) is 11.2 Å². The summed E-state index contributed by atoms with van der Waals surface area (Å²) in [5.74, 6) is 0.0441. The number of rotatable bonds is 3. The van der Waals surface area contributed by atoms with Crippen LogP contribution in [0.15, 0.2) is 23.0 Å². The Morgan fingerprint density at radius 3 is 3.00 bits per heavy atom. The molecule has 0 saturated heterocycles. The molecule has 0 aliphatic carbocycles. The van der Waals surface area contributed by atoms with Gasteiger partial charge in [0.2, 0.25) is 5.78 Å². The summed E-state index contributed by atoms with van der Waals surface area (Å²) in [5.41, 5.74) is 7.23. The van der Waals surface area contributed by atoms with Gasteiger partial charge in [0.05, 0.1) is 4.88 Å². The van der Waals surface area contributed by atoms with E-state index in [2.05, 4.69) is 5.10 Å². The lowest BCUT2D eigenvalue weighted by Crippen LogP contribution is -2.41. The maximum Gasteiger partial charge on any atom is 0.354 e. The van der Waals surface area contributed by atoms with Crippen LogP contribution in [0.3, 0.4) is 0 Å². The molecule has 0 bridgehead atoms. The number of ketones is 1. The molecule has 0 radical (unpaired) electrons. The number of thiophene rings is 1. The first-order chi connectivity index (χ1) is 6.77. The summed E-state index contributed by atoms with van der Waals surface area (Å²) in [4.78, 5) is 12.4. The minimum Gasteiger partial charge on any atom is -0.289 e. The molecule has 2 aromatic heterocycles. The van der Waals surface area contributed by atoms with Crippen LogP contribution in [0.2, 0.25) is 0 Å². The lowest BCUT2D eigenvalue weighted by atomic mass is 10.3. The van der Waals surface area contributed by atoms with Crippen LogP contribution in [0.5, 0.6) is 0 Å². The van der Waals surface area contributed by atoms with E-state index in [1.807, 2.05) is 11.4 Å². The molecule has 0 aliphatic heterocycles. The maximum atomic E-state index is 11.6. The molecule has 2 heterocycles. The Morgan fingerprint density at radius 1 is 1.57 bits per heavy atom. The number of aromatic nitrogens is 2. The number of hydrogen-bond donors (Lipinski definition) is 1. The zero-order valence-electron chi connectivity index (χ0n) is 7.21. The zero-order chi connectivity index (χ0) is 9.97. The summed E-state index contributed by atoms with van der Waals surface area (Å²) >= 11 is 2.76. The second-order valence-corrected chi connectivity index (χ2v) is 4.45. The Labute approximate surface area is 88.6 Å². The van der Waals surface area contributed by atoms with Crippen molar-refractivity contribution in [2.75, 3.05) is 5.73 Å². The number of carbonyl (C=O) groups is 1. The molecule has 0 aliphatic rings. The molecule has 2 rings (SSSR count). The molecule has 0 saturated carbocycles. The third kappa shape index (κ3) is 1.80. The summed E-state index contributed by atoms with van der Waals surface area (Å²) in [5, 5.41) is 6.39. The Hall–Kier alpha value is -1.27. The van der Waals surface area contributed by atoms with Crippen LogP contribution in [0.1, 0.15) is 9.67 Å². The van der Waals surface area contributed by atoms with Gasteiger partial charge in [-0.25, -0.2) is 0 Å². The van der Waals surface area contributed by atoms with E-state index in [0.29, 0.717) is 5.13 Å². The first-order valence-electron chi connectivity index (χ1n) is 3.93. The number of nitrogens with two attached hydrogens (primary N) is 1. The second-order valence-electron chi connectivity index (χ2n) is 2.64. The van der Waals surface area contributed by atoms with Crippen molar-refractivity contribution in [1.29, 1.82) is 0 Å². The molecule has 6 heteroatoms. The first-order valence-corrected chi connectivity index (χ1v) is 5.69. The standard InChI is InChI=1S/C8H7N3OS2/c9-8-11(10-5-14-8)4-6(12)7-2-1-3-13-7/h1-3,5,9H,4H2/p+1. The maximum absolute atomic E-state index is 11.6. The number of carbonyl (C=O) groups excluding carboxylic acids is 1. The molecule has 14 heavy (non-hydrogen) atoms. The van der Waals surface area contributed by atoms with Gasteiger partial charge in [-0.3, -0.25) is 10.5 Å². The quantitative estimate of drug-likeness (QED) is 0.626. The number of Topliss-reactive ketones (excluding diaryl/α,β-unsaturated/α-hetero) is 1. The number of hydrogen-bond acceptors (Lipinski definition) is 5. The van der Waals surface area contributed by atoms with Gasteiger partial charge in [0.15, 0.2) is 6.54 Å². The summed E-state index contributed by atoms with van der Waals surface area (Å²) in [6, 6.07) is 3.66. The third-order valence-electron chi connectivity index (χ3n) is 1.70. The molecule has 72 valence electrons. The fourth-order valence-corrected chi connectivity index (χ4v) is 2.18. The van der Waals surface area contributed by atoms with Gasteiger partial charge in [0.1, 0.15) is 5.51 Å². The molecule has 4 nitrogen and oxygen atoms in total. The zero-order valence-corrected chi connectivity index (χ0v) is 8.85. The third-order valence-corrected chi connectivity index (χ3v) is 3.27. The van der Waals surface area contributed by atoms with Crippen LogP contribution in [-0.2, 0) is 6.54 Å². The Bertz CT molecular complexity index is 435. The summed E-state index contributed by atoms with van der Waals surface area (Å²) in [7, 11) is 0. The van der Waals surface area contributed by atoms with Crippen LogP contribution >= 0.6 is 22.7 Å². The van der Waals surface area contributed by atoms with Crippen molar-refractivity contribution in [3.63, 3.8) is 0 Å². The molecule has 0 spiro atoms. The highest BCUT2D eigenvalue weighted by Crippen LogP contribution is 2.09. The van der Waals surface area contributed by atoms with Gasteiger partial charge in [-0.05, 0) is 22.8 Å². The smallest absolute Gasteiger partial charge is 0.289 e. The largest absolute Gasteiger partial charge is 0.354 e. The van der Waals surface area contributed by atoms with E-state index in [-0.39, 0.29) is 12.3 Å². The minimum atomic E-state index is 0.0441. The predicted octanol–water partition coefficient (Wildman–Crippen LogP) is 0.957. The first kappa shape index (κ1) is 9.29. The fourth-order valence-electron chi connectivity index (χ4n) is 1.02. The van der Waals surface area contributed by atoms with Crippen LogP contribution < -0.4 is 10.4 Å². The number of nitrogens with zero attached hydrogens (tertiary/aromatic N) is 2. The number of anilines is 1. The van der Waals surface area contributed by atoms with Crippen molar-refractivity contribution < 1.29 is 9.48 Å². The molecular formula is C8H8N3OS2+. The van der Waals surface area contributed by atoms with Gasteiger partial charge >= 0.3 is 5.13 Å². The summed E-state index contributed by atoms with van der Waals surface area (Å²) in [6.07, 6.45) is 0. The average Bonchev–Trinajstić information content (AvgIpc) is 2.77. The summed E-state index contributed by atoms with van der Waals surface area (Å²) in [6.45, 7) is 0.218. The van der Waals surface area contributed by atoms with Crippen molar-refractivity contribution in [2.45, 2.75) is 6.54 Å². The minimum absolute atomic E-state index is 0.0441. The van der Waals surface area contributed by atoms with Gasteiger partial charge in [0, 0.05) is 0 Å². The van der Waals surface area contributed by atoms with E-state index in [9.17, 15) is 4.79 Å². The molecule has 0 fully saturated rings. The molecule has 0 amide bonds. The SMILES string of the molecule is Nc1scn[n+]1CC(=O)c1cccs1. The van der Waals surface area contributed by atoms with E-state index >= 15 is 0 Å². The lowest BCUT2D eigenvalue weighted by molar-refractivity contribution is -0.723. The van der Waals surface area contributed by atoms with Gasteiger partial charge in [-0.2, -0.15) is 0 Å². The Kier molecular flexibility index (Phi) is 2.55. The summed E-state index contributed by atoms with van der Waals surface area (Å²) < 4.78 is 1.51. The second kappa shape index (κ2) is 3.85. The van der Waals surface area contributed by atoms with Crippen molar-refractivity contribution in [3.05, 3.63) is 27.9 Å².